The Morgan fingerprint density at radius 2 is 2.19 bits per heavy atom. The van der Waals surface area contributed by atoms with Gasteiger partial charge in [0.2, 0.25) is 0 Å². The lowest BCUT2D eigenvalue weighted by Crippen LogP contribution is -2.34. The molecule has 0 spiro atoms. The number of halogens is 1. The van der Waals surface area contributed by atoms with E-state index in [-0.39, 0.29) is 6.61 Å². The average molecular weight is 226 g/mol. The van der Waals surface area contributed by atoms with Gasteiger partial charge < -0.3 is 5.11 Å². The first-order chi connectivity index (χ1) is 7.63. The molecule has 1 aromatic heterocycles. The molecule has 3 atom stereocenters. The molecule has 0 unspecified atom stereocenters. The van der Waals surface area contributed by atoms with E-state index in [2.05, 4.69) is 4.98 Å². The predicted molar refractivity (Wildman–Crippen MR) is 55.0 cm³/mol. The molecule has 1 heterocycles. The van der Waals surface area contributed by atoms with Gasteiger partial charge in [0, 0.05) is 18.2 Å². The summed E-state index contributed by atoms with van der Waals surface area (Å²) < 4.78 is 14.9. The minimum absolute atomic E-state index is 0.299. The zero-order valence-electron chi connectivity index (χ0n) is 8.34. The van der Waals surface area contributed by atoms with Crippen molar-refractivity contribution in [1.29, 1.82) is 0 Å². The topological polar surface area (TPSA) is 75.1 Å². The normalized spacial score (nSPS) is 28.5. The lowest BCUT2D eigenvalue weighted by atomic mass is 10.1. The molecule has 1 aliphatic rings. The standard InChI is InChI=1S/C10H11FN2O3/c11-9-6(5-14)1-2-7(9)13-4-3-8(15)12-10(13)16/h1-4,6-7,9,14H,5H2,(H,12,15,16)/t6-,7+,9-/m0/s1. The van der Waals surface area contributed by atoms with E-state index in [1.165, 1.54) is 18.3 Å². The molecule has 1 aliphatic carbocycles. The summed E-state index contributed by atoms with van der Waals surface area (Å²) in [6, 6.07) is 0.398. The molecular weight excluding hydrogens is 215 g/mol. The third kappa shape index (κ3) is 1.71. The van der Waals surface area contributed by atoms with E-state index < -0.39 is 29.4 Å². The van der Waals surface area contributed by atoms with Gasteiger partial charge in [-0.05, 0) is 0 Å². The van der Waals surface area contributed by atoms with E-state index in [4.69, 9.17) is 5.11 Å². The number of nitrogens with zero attached hydrogens (tertiary/aromatic N) is 1. The molecule has 2 N–H and O–H groups in total. The largest absolute Gasteiger partial charge is 0.396 e. The Bertz CT molecular complexity index is 519. The van der Waals surface area contributed by atoms with E-state index in [9.17, 15) is 14.0 Å². The van der Waals surface area contributed by atoms with Crippen LogP contribution in [0.25, 0.3) is 0 Å². The number of aliphatic hydroxyl groups is 1. The first-order valence-electron chi connectivity index (χ1n) is 4.88. The van der Waals surface area contributed by atoms with Gasteiger partial charge >= 0.3 is 5.69 Å². The van der Waals surface area contributed by atoms with Crippen LogP contribution >= 0.6 is 0 Å². The van der Waals surface area contributed by atoms with Crippen molar-refractivity contribution in [3.05, 3.63) is 45.3 Å². The van der Waals surface area contributed by atoms with Gasteiger partial charge in [-0.15, -0.1) is 0 Å². The second kappa shape index (κ2) is 4.05. The van der Waals surface area contributed by atoms with Crippen LogP contribution in [0.1, 0.15) is 6.04 Å². The summed E-state index contributed by atoms with van der Waals surface area (Å²) in [6.45, 7) is -0.299. The second-order valence-corrected chi connectivity index (χ2v) is 3.68. The minimum Gasteiger partial charge on any atom is -0.396 e. The van der Waals surface area contributed by atoms with Crippen LogP contribution in [0.5, 0.6) is 0 Å². The Labute approximate surface area is 89.9 Å². The third-order valence-electron chi connectivity index (χ3n) is 2.67. The van der Waals surface area contributed by atoms with E-state index in [1.807, 2.05) is 0 Å². The van der Waals surface area contributed by atoms with Crippen molar-refractivity contribution >= 4 is 0 Å². The Kier molecular flexibility index (Phi) is 2.74. The molecule has 5 nitrogen and oxygen atoms in total. The monoisotopic (exact) mass is 226 g/mol. The number of aromatic nitrogens is 2. The van der Waals surface area contributed by atoms with Crippen molar-refractivity contribution in [2.24, 2.45) is 5.92 Å². The lowest BCUT2D eigenvalue weighted by Gasteiger charge is -2.17. The third-order valence-corrected chi connectivity index (χ3v) is 2.67. The van der Waals surface area contributed by atoms with E-state index >= 15 is 0 Å². The van der Waals surface area contributed by atoms with Crippen LogP contribution in [-0.2, 0) is 0 Å². The first kappa shape index (κ1) is 10.8. The van der Waals surface area contributed by atoms with Crippen molar-refractivity contribution in [3.8, 4) is 0 Å². The molecule has 0 fully saturated rings. The summed E-state index contributed by atoms with van der Waals surface area (Å²) in [5.41, 5.74) is -1.17. The lowest BCUT2D eigenvalue weighted by molar-refractivity contribution is 0.153. The van der Waals surface area contributed by atoms with Gasteiger partial charge in [0.1, 0.15) is 6.17 Å². The van der Waals surface area contributed by atoms with E-state index in [0.29, 0.717) is 0 Å². The predicted octanol–water partition coefficient (Wildman–Crippen LogP) is -0.406. The molecule has 2 rings (SSSR count). The van der Waals surface area contributed by atoms with Gasteiger partial charge in [0.05, 0.1) is 12.6 Å². The van der Waals surface area contributed by atoms with Crippen LogP contribution in [0.2, 0.25) is 0 Å². The van der Waals surface area contributed by atoms with Gasteiger partial charge in [0.15, 0.2) is 0 Å². The van der Waals surface area contributed by atoms with Crippen LogP contribution < -0.4 is 11.2 Å². The number of rotatable bonds is 2. The van der Waals surface area contributed by atoms with Crippen molar-refractivity contribution < 1.29 is 9.50 Å². The maximum atomic E-state index is 13.7. The van der Waals surface area contributed by atoms with Crippen LogP contribution in [-0.4, -0.2) is 27.4 Å². The fourth-order valence-corrected chi connectivity index (χ4v) is 1.79. The summed E-state index contributed by atoms with van der Waals surface area (Å²) in [5, 5.41) is 8.88. The highest BCUT2D eigenvalue weighted by molar-refractivity contribution is 5.11. The first-order valence-corrected chi connectivity index (χ1v) is 4.88. The van der Waals surface area contributed by atoms with Gasteiger partial charge in [-0.3, -0.25) is 14.3 Å². The highest BCUT2D eigenvalue weighted by Gasteiger charge is 2.32. The second-order valence-electron chi connectivity index (χ2n) is 3.68. The number of nitrogens with one attached hydrogen (secondary N) is 1. The number of aliphatic hydroxyl groups excluding tert-OH is 1. The maximum Gasteiger partial charge on any atom is 0.328 e. The summed E-state index contributed by atoms with van der Waals surface area (Å²) >= 11 is 0. The Morgan fingerprint density at radius 1 is 1.44 bits per heavy atom. The van der Waals surface area contributed by atoms with Crippen molar-refractivity contribution in [2.45, 2.75) is 12.2 Å². The smallest absolute Gasteiger partial charge is 0.328 e. The average Bonchev–Trinajstić information content (AvgIpc) is 2.60. The quantitative estimate of drug-likeness (QED) is 0.673. The fraction of sp³-hybridized carbons (Fsp3) is 0.400. The molecule has 0 saturated heterocycles. The molecule has 86 valence electrons. The number of hydrogen-bond donors (Lipinski definition) is 2. The summed E-state index contributed by atoms with van der Waals surface area (Å²) in [4.78, 5) is 24.3. The molecule has 6 heteroatoms. The highest BCUT2D eigenvalue weighted by Crippen LogP contribution is 2.29. The zero-order chi connectivity index (χ0) is 11.7. The van der Waals surface area contributed by atoms with Crippen molar-refractivity contribution in [3.63, 3.8) is 0 Å². The Hall–Kier alpha value is -1.69. The maximum absolute atomic E-state index is 13.7. The van der Waals surface area contributed by atoms with Crippen LogP contribution in [0, 0.1) is 5.92 Å². The van der Waals surface area contributed by atoms with E-state index in [1.54, 1.807) is 0 Å². The number of alkyl halides is 1. The molecule has 1 aromatic rings. The number of allylic oxidation sites excluding steroid dienone is 1. The van der Waals surface area contributed by atoms with Gasteiger partial charge in [-0.25, -0.2) is 9.18 Å². The summed E-state index contributed by atoms with van der Waals surface area (Å²) in [5.74, 6) is -0.594. The summed E-state index contributed by atoms with van der Waals surface area (Å²) in [7, 11) is 0. The van der Waals surface area contributed by atoms with E-state index in [0.717, 1.165) is 10.6 Å². The Balaban J connectivity index is 2.37. The zero-order valence-corrected chi connectivity index (χ0v) is 8.34. The fourth-order valence-electron chi connectivity index (χ4n) is 1.79. The molecule has 0 saturated carbocycles. The molecular formula is C10H11FN2O3. The number of aromatic amines is 1. The number of H-pyrrole nitrogens is 1. The van der Waals surface area contributed by atoms with Gasteiger partial charge in [-0.1, -0.05) is 12.2 Å². The van der Waals surface area contributed by atoms with Crippen LogP contribution in [0.4, 0.5) is 4.39 Å². The summed E-state index contributed by atoms with van der Waals surface area (Å²) in [6.07, 6.45) is 2.95. The van der Waals surface area contributed by atoms with Gasteiger partial charge in [-0.2, -0.15) is 0 Å². The molecule has 0 aliphatic heterocycles. The van der Waals surface area contributed by atoms with Crippen LogP contribution in [0.15, 0.2) is 34.0 Å². The SMILES string of the molecule is O=c1ccn([C@@H]2C=C[C@@H](CO)[C@@H]2F)c(=O)[nH]1. The Morgan fingerprint density at radius 3 is 2.75 bits per heavy atom. The number of hydrogen-bond acceptors (Lipinski definition) is 3. The highest BCUT2D eigenvalue weighted by atomic mass is 19.1. The van der Waals surface area contributed by atoms with Crippen molar-refractivity contribution in [1.82, 2.24) is 9.55 Å². The minimum atomic E-state index is -1.35. The van der Waals surface area contributed by atoms with Gasteiger partial charge in [0.25, 0.3) is 5.56 Å². The molecule has 0 bridgehead atoms. The molecule has 0 radical (unpaired) electrons. The molecule has 0 amide bonds. The van der Waals surface area contributed by atoms with Crippen LogP contribution in [0.3, 0.4) is 0 Å². The van der Waals surface area contributed by atoms with Crippen molar-refractivity contribution in [2.75, 3.05) is 6.61 Å². The molecule has 0 aromatic carbocycles. The molecule has 16 heavy (non-hydrogen) atoms.